The molecule has 2 amide bonds. The Labute approximate surface area is 235 Å². The van der Waals surface area contributed by atoms with Gasteiger partial charge in [0.25, 0.3) is 5.91 Å². The van der Waals surface area contributed by atoms with Crippen LogP contribution in [0.3, 0.4) is 0 Å². The Morgan fingerprint density at radius 2 is 1.72 bits per heavy atom. The molecule has 1 aliphatic rings. The van der Waals surface area contributed by atoms with Gasteiger partial charge in [-0.1, -0.05) is 58.4 Å². The topological polar surface area (TPSA) is 95.5 Å². The second-order valence-corrected chi connectivity index (χ2v) is 10.5. The summed E-state index contributed by atoms with van der Waals surface area (Å²) >= 11 is 3.27. The van der Waals surface area contributed by atoms with E-state index in [-0.39, 0.29) is 24.8 Å². The minimum Gasteiger partial charge on any atom is -0.481 e. The molecule has 0 saturated heterocycles. The van der Waals surface area contributed by atoms with Crippen LogP contribution in [0.4, 0.5) is 10.1 Å². The minimum absolute atomic E-state index is 0.0429. The summed E-state index contributed by atoms with van der Waals surface area (Å²) in [5, 5.41) is 14.2. The molecule has 0 heterocycles. The van der Waals surface area contributed by atoms with E-state index in [1.54, 1.807) is 30.3 Å². The third-order valence-corrected chi connectivity index (χ3v) is 7.16. The van der Waals surface area contributed by atoms with E-state index in [9.17, 15) is 18.8 Å². The van der Waals surface area contributed by atoms with Gasteiger partial charge in [-0.3, -0.25) is 14.4 Å². The summed E-state index contributed by atoms with van der Waals surface area (Å²) in [4.78, 5) is 36.5. The maximum atomic E-state index is 13.9. The highest BCUT2D eigenvalue weighted by Gasteiger charge is 2.22. The van der Waals surface area contributed by atoms with Gasteiger partial charge in [0.15, 0.2) is 0 Å². The number of anilines is 1. The van der Waals surface area contributed by atoms with Crippen molar-refractivity contribution in [2.24, 2.45) is 0 Å². The second kappa shape index (κ2) is 13.3. The highest BCUT2D eigenvalue weighted by atomic mass is 79.9. The van der Waals surface area contributed by atoms with Gasteiger partial charge in [-0.2, -0.15) is 0 Å². The van der Waals surface area contributed by atoms with Crippen molar-refractivity contribution in [1.82, 2.24) is 5.32 Å². The van der Waals surface area contributed by atoms with Gasteiger partial charge in [-0.05, 0) is 84.7 Å². The average molecular weight is 593 g/mol. The third-order valence-electron chi connectivity index (χ3n) is 6.70. The van der Waals surface area contributed by atoms with E-state index < -0.39 is 17.7 Å². The lowest BCUT2D eigenvalue weighted by atomic mass is 9.88. The Hall–Kier alpha value is -3.78. The summed E-state index contributed by atoms with van der Waals surface area (Å²) in [6.07, 6.45) is 7.01. The standard InChI is InChI=1S/C31H30BrFN2O4/c32-25-17-26(33)19-27(18-25)35-31(39)28(23-12-10-22(11-13-23)21-4-2-1-3-5-21)16-20-6-8-24(9-7-20)30(38)34-15-14-29(36)37/h4,6-13,17-19,28H,1-3,5,14-16H2,(H,34,38)(H,35,39)(H,36,37). The second-order valence-electron chi connectivity index (χ2n) is 9.60. The molecular weight excluding hydrogens is 563 g/mol. The van der Waals surface area contributed by atoms with Gasteiger partial charge >= 0.3 is 5.97 Å². The minimum atomic E-state index is -0.982. The van der Waals surface area contributed by atoms with Crippen LogP contribution in [0.25, 0.3) is 5.57 Å². The molecule has 1 atom stereocenters. The molecule has 0 bridgehead atoms. The number of carboxylic acid groups (broad SMARTS) is 1. The molecule has 39 heavy (non-hydrogen) atoms. The molecule has 202 valence electrons. The molecule has 3 N–H and O–H groups in total. The average Bonchev–Trinajstić information content (AvgIpc) is 2.92. The van der Waals surface area contributed by atoms with Crippen molar-refractivity contribution in [3.05, 3.63) is 105 Å². The summed E-state index contributed by atoms with van der Waals surface area (Å²) in [6, 6.07) is 19.2. The Balaban J connectivity index is 1.54. The Bertz CT molecular complexity index is 1350. The first kappa shape index (κ1) is 28.2. The third kappa shape index (κ3) is 8.10. The monoisotopic (exact) mass is 592 g/mol. The highest BCUT2D eigenvalue weighted by molar-refractivity contribution is 9.10. The summed E-state index contributed by atoms with van der Waals surface area (Å²) in [7, 11) is 0. The van der Waals surface area contributed by atoms with Crippen LogP contribution >= 0.6 is 15.9 Å². The zero-order valence-electron chi connectivity index (χ0n) is 21.4. The highest BCUT2D eigenvalue weighted by Crippen LogP contribution is 2.30. The number of aliphatic carboxylic acids is 1. The van der Waals surface area contributed by atoms with Crippen LogP contribution in [0.15, 0.2) is 77.3 Å². The molecule has 1 unspecified atom stereocenters. The Morgan fingerprint density at radius 1 is 0.974 bits per heavy atom. The number of allylic oxidation sites excluding steroid dienone is 2. The van der Waals surface area contributed by atoms with E-state index in [4.69, 9.17) is 5.11 Å². The SMILES string of the molecule is O=C(O)CCNC(=O)c1ccc(CC(C(=O)Nc2cc(F)cc(Br)c2)c2ccc(C3=CCCCC3)cc2)cc1. The molecule has 0 fully saturated rings. The smallest absolute Gasteiger partial charge is 0.305 e. The normalized spacial score (nSPS) is 13.7. The van der Waals surface area contributed by atoms with Crippen LogP contribution in [0, 0.1) is 5.82 Å². The molecule has 0 radical (unpaired) electrons. The number of amides is 2. The summed E-state index contributed by atoms with van der Waals surface area (Å²) < 4.78 is 14.5. The van der Waals surface area contributed by atoms with Crippen LogP contribution in [-0.2, 0) is 16.0 Å². The molecule has 0 aromatic heterocycles. The van der Waals surface area contributed by atoms with Gasteiger partial charge < -0.3 is 15.7 Å². The van der Waals surface area contributed by atoms with Crippen molar-refractivity contribution in [3.8, 4) is 0 Å². The number of benzene rings is 3. The van der Waals surface area contributed by atoms with Gasteiger partial charge in [-0.15, -0.1) is 0 Å². The molecule has 3 aromatic rings. The van der Waals surface area contributed by atoms with Crippen molar-refractivity contribution in [3.63, 3.8) is 0 Å². The number of carbonyl (C=O) groups is 3. The predicted octanol–water partition coefficient (Wildman–Crippen LogP) is 6.72. The first-order chi connectivity index (χ1) is 18.8. The zero-order valence-corrected chi connectivity index (χ0v) is 23.0. The van der Waals surface area contributed by atoms with Crippen molar-refractivity contribution < 1.29 is 23.9 Å². The fraction of sp³-hybridized carbons (Fsp3) is 0.258. The zero-order chi connectivity index (χ0) is 27.8. The van der Waals surface area contributed by atoms with E-state index in [0.29, 0.717) is 22.1 Å². The van der Waals surface area contributed by atoms with Crippen LogP contribution in [0.5, 0.6) is 0 Å². The lowest BCUT2D eigenvalue weighted by molar-refractivity contribution is -0.136. The van der Waals surface area contributed by atoms with Crippen LogP contribution < -0.4 is 10.6 Å². The first-order valence-corrected chi connectivity index (χ1v) is 13.7. The fourth-order valence-electron chi connectivity index (χ4n) is 4.66. The van der Waals surface area contributed by atoms with E-state index in [0.717, 1.165) is 29.5 Å². The predicted molar refractivity (Wildman–Crippen MR) is 153 cm³/mol. The Morgan fingerprint density at radius 3 is 2.36 bits per heavy atom. The van der Waals surface area contributed by atoms with E-state index in [1.807, 2.05) is 12.1 Å². The number of rotatable bonds is 10. The van der Waals surface area contributed by atoms with Gasteiger partial charge in [0.05, 0.1) is 12.3 Å². The van der Waals surface area contributed by atoms with Gasteiger partial charge in [0.2, 0.25) is 5.91 Å². The van der Waals surface area contributed by atoms with Gasteiger partial charge in [-0.25, -0.2) is 4.39 Å². The van der Waals surface area contributed by atoms with Crippen molar-refractivity contribution in [1.29, 1.82) is 0 Å². The number of nitrogens with one attached hydrogen (secondary N) is 2. The van der Waals surface area contributed by atoms with Gasteiger partial charge in [0.1, 0.15) is 5.82 Å². The number of hydrogen-bond acceptors (Lipinski definition) is 3. The van der Waals surface area contributed by atoms with Crippen molar-refractivity contribution in [2.75, 3.05) is 11.9 Å². The van der Waals surface area contributed by atoms with Crippen molar-refractivity contribution in [2.45, 2.75) is 44.4 Å². The molecule has 0 aliphatic heterocycles. The van der Waals surface area contributed by atoms with E-state index in [1.165, 1.54) is 30.5 Å². The molecule has 1 aliphatic carbocycles. The van der Waals surface area contributed by atoms with Crippen LogP contribution in [-0.4, -0.2) is 29.4 Å². The van der Waals surface area contributed by atoms with Crippen LogP contribution in [0.2, 0.25) is 0 Å². The number of carbonyl (C=O) groups excluding carboxylic acids is 2. The molecule has 3 aromatic carbocycles. The maximum Gasteiger partial charge on any atom is 0.305 e. The van der Waals surface area contributed by atoms with Gasteiger partial charge in [0, 0.05) is 22.3 Å². The summed E-state index contributed by atoms with van der Waals surface area (Å²) in [5.74, 6) is -2.63. The molecule has 0 spiro atoms. The van der Waals surface area contributed by atoms with E-state index in [2.05, 4.69) is 44.8 Å². The lowest BCUT2D eigenvalue weighted by Gasteiger charge is -2.19. The quantitative estimate of drug-likeness (QED) is 0.243. The van der Waals surface area contributed by atoms with Crippen molar-refractivity contribution >= 4 is 45.0 Å². The molecular formula is C31H30BrFN2O4. The summed E-state index contributed by atoms with van der Waals surface area (Å²) in [6.45, 7) is 0.0429. The molecule has 8 heteroatoms. The largest absolute Gasteiger partial charge is 0.481 e. The van der Waals surface area contributed by atoms with Crippen LogP contribution in [0.1, 0.15) is 65.1 Å². The van der Waals surface area contributed by atoms with E-state index >= 15 is 0 Å². The Kier molecular flexibility index (Phi) is 9.65. The number of carboxylic acids is 1. The fourth-order valence-corrected chi connectivity index (χ4v) is 5.13. The molecule has 6 nitrogen and oxygen atoms in total. The first-order valence-electron chi connectivity index (χ1n) is 12.9. The lowest BCUT2D eigenvalue weighted by Crippen LogP contribution is -2.26. The number of hydrogen-bond donors (Lipinski definition) is 3. The number of halogens is 2. The molecule has 4 rings (SSSR count). The summed E-state index contributed by atoms with van der Waals surface area (Å²) in [5.41, 5.74) is 4.92. The maximum absolute atomic E-state index is 13.9. The molecule has 0 saturated carbocycles.